The maximum Gasteiger partial charge on any atom is 0.354 e. The second kappa shape index (κ2) is 37.6. The molecule has 0 bridgehead atoms. The SMILES string of the molecule is CCOC(=O)c1cc(-c2cccs2)c2n1CCc1cc(OC)c(O)cc1-2.CCOC(=O)c1cc(-c2cccs2)c2n1CCc1cc(OC)c(OC3CCCCO3)cc1-2.COc1cc2c(cc1OC1CCCCO1)-c1c(-c3cccs3)cc(C(=O)N(C)C(C)(C)C)n1CC2.COc1cc2c(cc1OC1CCCCO1)-c1c(-c3cccs3)cc(C(=O)O)n1CC2. The van der Waals surface area contributed by atoms with Crippen molar-refractivity contribution in [2.45, 2.75) is 169 Å². The molecule has 19 rings (SSSR count). The number of carboxylic acids is 1. The second-order valence-electron chi connectivity index (χ2n) is 31.9. The molecule has 644 valence electrons. The summed E-state index contributed by atoms with van der Waals surface area (Å²) in [4.78, 5) is 57.0. The summed E-state index contributed by atoms with van der Waals surface area (Å²) in [6, 6.07) is 39.9. The van der Waals surface area contributed by atoms with Crippen LogP contribution in [0.4, 0.5) is 0 Å². The number of fused-ring (bicyclic) bond motifs is 12. The molecule has 1 amide bonds. The van der Waals surface area contributed by atoms with Crippen LogP contribution in [0.25, 0.3) is 86.8 Å². The molecule has 3 fully saturated rings. The number of aromatic nitrogens is 4. The number of aryl methyl sites for hydroxylation is 4. The molecule has 23 nitrogen and oxygen atoms in total. The third kappa shape index (κ3) is 17.7. The van der Waals surface area contributed by atoms with E-state index in [-0.39, 0.29) is 48.0 Å². The highest BCUT2D eigenvalue weighted by molar-refractivity contribution is 7.14. The summed E-state index contributed by atoms with van der Waals surface area (Å²) in [5.41, 5.74) is 18.5. The molecule has 123 heavy (non-hydrogen) atoms. The predicted octanol–water partition coefficient (Wildman–Crippen LogP) is 21.1. The van der Waals surface area contributed by atoms with E-state index in [1.54, 1.807) is 92.8 Å². The number of hydrogen-bond donors (Lipinski definition) is 2. The van der Waals surface area contributed by atoms with Gasteiger partial charge < -0.3 is 90.2 Å². The average molecular weight is 1740 g/mol. The fourth-order valence-corrected chi connectivity index (χ4v) is 20.1. The lowest BCUT2D eigenvalue weighted by molar-refractivity contribution is -0.106. The lowest BCUT2D eigenvalue weighted by Crippen LogP contribution is -2.43. The van der Waals surface area contributed by atoms with Crippen molar-refractivity contribution in [3.63, 3.8) is 0 Å². The van der Waals surface area contributed by atoms with Crippen LogP contribution in [0.15, 0.2) is 143 Å². The Kier molecular flexibility index (Phi) is 26.1. The van der Waals surface area contributed by atoms with Gasteiger partial charge in [0.15, 0.2) is 64.9 Å². The Morgan fingerprint density at radius 2 is 0.724 bits per heavy atom. The third-order valence-electron chi connectivity index (χ3n) is 23.5. The maximum absolute atomic E-state index is 13.6. The Bertz CT molecular complexity index is 5790. The Morgan fingerprint density at radius 3 is 1.02 bits per heavy atom. The molecule has 4 aromatic carbocycles. The number of phenolic OH excluding ortho intramolecular Hbond substituents is 1. The highest BCUT2D eigenvalue weighted by Gasteiger charge is 2.37. The molecule has 0 radical (unpaired) electrons. The van der Waals surface area contributed by atoms with Crippen molar-refractivity contribution in [1.29, 1.82) is 0 Å². The zero-order valence-corrected chi connectivity index (χ0v) is 74.2. The minimum absolute atomic E-state index is 0.0330. The number of carbonyl (C=O) groups excluding carboxylic acids is 3. The fraction of sp³-hybridized carbons (Fsp3) is 0.375. The normalized spacial score (nSPS) is 16.5. The van der Waals surface area contributed by atoms with Crippen molar-refractivity contribution < 1.29 is 86.2 Å². The quantitative estimate of drug-likeness (QED) is 0.0674. The number of benzene rings is 4. The van der Waals surface area contributed by atoms with Crippen LogP contribution in [0.5, 0.6) is 46.0 Å². The van der Waals surface area contributed by atoms with Crippen LogP contribution in [0.2, 0.25) is 0 Å². The van der Waals surface area contributed by atoms with Gasteiger partial charge in [0.25, 0.3) is 5.91 Å². The fourth-order valence-electron chi connectivity index (χ4n) is 17.2. The van der Waals surface area contributed by atoms with E-state index in [0.29, 0.717) is 97.6 Å². The third-order valence-corrected chi connectivity index (χ3v) is 27.1. The zero-order chi connectivity index (χ0) is 85.7. The van der Waals surface area contributed by atoms with Gasteiger partial charge in [0.2, 0.25) is 0 Å². The molecule has 15 heterocycles. The van der Waals surface area contributed by atoms with E-state index in [1.165, 1.54) is 11.1 Å². The Balaban J connectivity index is 0.000000122. The summed E-state index contributed by atoms with van der Waals surface area (Å²) in [5, 5.41) is 28.2. The minimum Gasteiger partial charge on any atom is -0.504 e. The number of hydrogen-bond acceptors (Lipinski definition) is 21. The number of methoxy groups -OCH3 is 4. The van der Waals surface area contributed by atoms with Gasteiger partial charge in [0, 0.05) is 122 Å². The average Bonchev–Trinajstić information content (AvgIpc) is 1.59. The lowest BCUT2D eigenvalue weighted by atomic mass is 9.95. The summed E-state index contributed by atoms with van der Waals surface area (Å²) in [7, 11) is 8.41. The van der Waals surface area contributed by atoms with Crippen molar-refractivity contribution in [2.24, 2.45) is 0 Å². The molecule has 27 heteroatoms. The number of amides is 1. The molecule has 12 aromatic rings. The Morgan fingerprint density at radius 1 is 0.415 bits per heavy atom. The number of aromatic carboxylic acids is 1. The minimum atomic E-state index is -0.914. The number of rotatable bonds is 20. The molecule has 0 spiro atoms. The number of ether oxygens (including phenoxy) is 12. The van der Waals surface area contributed by atoms with Crippen LogP contribution in [0.3, 0.4) is 0 Å². The largest absolute Gasteiger partial charge is 0.504 e. The van der Waals surface area contributed by atoms with Gasteiger partial charge in [-0.15, -0.1) is 45.3 Å². The van der Waals surface area contributed by atoms with Crippen LogP contribution < -0.4 is 33.2 Å². The highest BCUT2D eigenvalue weighted by atomic mass is 32.1. The van der Waals surface area contributed by atoms with Gasteiger partial charge in [-0.2, -0.15) is 0 Å². The molecule has 3 atom stereocenters. The molecule has 7 aliphatic rings. The summed E-state index contributed by atoms with van der Waals surface area (Å²) in [6.45, 7) is 15.4. The Labute approximate surface area is 731 Å². The van der Waals surface area contributed by atoms with Gasteiger partial charge in [-0.1, -0.05) is 24.3 Å². The van der Waals surface area contributed by atoms with Crippen molar-refractivity contribution >= 4 is 69.2 Å². The second-order valence-corrected chi connectivity index (χ2v) is 35.7. The van der Waals surface area contributed by atoms with E-state index in [0.717, 1.165) is 206 Å². The van der Waals surface area contributed by atoms with E-state index >= 15 is 0 Å². The summed E-state index contributed by atoms with van der Waals surface area (Å²) >= 11 is 6.58. The first-order valence-corrected chi connectivity index (χ1v) is 45.6. The van der Waals surface area contributed by atoms with Crippen LogP contribution in [0.1, 0.15) is 157 Å². The number of nitrogens with zero attached hydrogens (tertiary/aromatic N) is 5. The number of carbonyl (C=O) groups is 4. The van der Waals surface area contributed by atoms with Crippen molar-refractivity contribution in [3.8, 4) is 133 Å². The first-order chi connectivity index (χ1) is 59.8. The van der Waals surface area contributed by atoms with Gasteiger partial charge in [0.05, 0.1) is 84.2 Å². The summed E-state index contributed by atoms with van der Waals surface area (Å²) in [6.07, 6.45) is 11.3. The van der Waals surface area contributed by atoms with Crippen LogP contribution in [-0.2, 0) is 75.5 Å². The Hall–Kier alpha value is -11.0. The number of carboxylic acid groups (broad SMARTS) is 1. The van der Waals surface area contributed by atoms with Gasteiger partial charge in [0.1, 0.15) is 22.8 Å². The predicted molar refractivity (Wildman–Crippen MR) is 479 cm³/mol. The molecule has 7 aliphatic heterocycles. The highest BCUT2D eigenvalue weighted by Crippen LogP contribution is 2.52. The molecule has 3 saturated heterocycles. The summed E-state index contributed by atoms with van der Waals surface area (Å²) < 4.78 is 77.1. The van der Waals surface area contributed by atoms with Gasteiger partial charge in [-0.05, 0) is 240 Å². The van der Waals surface area contributed by atoms with E-state index < -0.39 is 5.97 Å². The van der Waals surface area contributed by atoms with Crippen LogP contribution in [0, 0.1) is 0 Å². The zero-order valence-electron chi connectivity index (χ0n) is 70.9. The first-order valence-electron chi connectivity index (χ1n) is 42.1. The molecule has 3 unspecified atom stereocenters. The van der Waals surface area contributed by atoms with Crippen molar-refractivity contribution in [3.05, 3.63) is 188 Å². The smallest absolute Gasteiger partial charge is 0.354 e. The van der Waals surface area contributed by atoms with Crippen molar-refractivity contribution in [2.75, 3.05) is 68.5 Å². The van der Waals surface area contributed by atoms with E-state index in [2.05, 4.69) is 83.1 Å². The molecule has 0 saturated carbocycles. The van der Waals surface area contributed by atoms with Gasteiger partial charge in [-0.25, -0.2) is 14.4 Å². The molecule has 8 aromatic heterocycles. The number of thiophene rings is 4. The maximum atomic E-state index is 13.6. The monoisotopic (exact) mass is 1740 g/mol. The van der Waals surface area contributed by atoms with Gasteiger partial charge >= 0.3 is 17.9 Å². The van der Waals surface area contributed by atoms with E-state index in [9.17, 15) is 29.4 Å². The number of phenols is 1. The van der Waals surface area contributed by atoms with E-state index in [4.69, 9.17) is 56.8 Å². The summed E-state index contributed by atoms with van der Waals surface area (Å²) in [5.74, 6) is 3.16. The topological polar surface area (TPSA) is 242 Å². The molecular formula is C96H103N5O18S4. The van der Waals surface area contributed by atoms with Crippen LogP contribution in [-0.4, -0.2) is 150 Å². The molecular weight excluding hydrogens is 1640 g/mol. The number of esters is 2. The standard InChI is InChI=1S/C28H34N2O4S.C25H27NO5S.C23H23NO5S.C20H19NO4S/c1-28(2,3)29(4)27(31)21-16-20(24-9-8-14-35-24)26-19-17-23(34-25-10-6-7-13-33-25)22(32-5)15-18(19)11-12-30(21)26;1-3-29-25(27)19-14-18(22-7-6-12-32-22)24-17-15-21(31-23-8-4-5-11-30-23)20(28-2)13-16(17)9-10-26(19)24;1-27-18-11-14-7-8-24-17(23(25)26)12-16(20-5-4-10-30-20)22(24)15(14)13-19(18)29-21-6-2-3-9-28-21;1-3-25-20(23)15-10-14(18-5-4-8-26-18)19-13-11-16(22)17(24-2)9-12(13)6-7-21(15)19/h8-9,14-17,25H,6-7,10-13H2,1-5H3;6-7,12-15,23H,3-5,8-11H2,1-2H3;4-5,10-13,21H,2-3,6-9H2,1H3,(H,25,26);4-5,8-11,22H,3,6-7H2,1-2H3. The lowest BCUT2D eigenvalue weighted by Gasteiger charge is -2.33. The van der Waals surface area contributed by atoms with Crippen LogP contribution >= 0.6 is 45.3 Å². The number of aromatic hydroxyl groups is 1. The first kappa shape index (κ1) is 85.5. The molecule has 2 N–H and O–H groups in total. The van der Waals surface area contributed by atoms with Crippen molar-refractivity contribution in [1.82, 2.24) is 23.2 Å². The van der Waals surface area contributed by atoms with Gasteiger partial charge in [-0.3, -0.25) is 4.79 Å². The molecule has 0 aliphatic carbocycles. The van der Waals surface area contributed by atoms with E-state index in [1.807, 2.05) is 105 Å².